The predicted octanol–water partition coefficient (Wildman–Crippen LogP) is 3.19. The molecular formula is C16H26BrClN4O3S. The van der Waals surface area contributed by atoms with E-state index in [0.29, 0.717) is 0 Å². The van der Waals surface area contributed by atoms with Crippen molar-refractivity contribution >= 4 is 45.3 Å². The molecule has 10 heteroatoms. The third-order valence-corrected chi connectivity index (χ3v) is 4.38. The van der Waals surface area contributed by atoms with Crippen LogP contribution in [0.2, 0.25) is 0 Å². The number of benzene rings is 2. The molecule has 0 atom stereocenters. The highest BCUT2D eigenvalue weighted by molar-refractivity contribution is 8.93. The van der Waals surface area contributed by atoms with Gasteiger partial charge in [0.25, 0.3) is 15.9 Å². The van der Waals surface area contributed by atoms with E-state index in [2.05, 4.69) is 43.3 Å². The van der Waals surface area contributed by atoms with Gasteiger partial charge in [-0.15, -0.1) is 29.4 Å². The Morgan fingerprint density at radius 2 is 1.42 bits per heavy atom. The summed E-state index contributed by atoms with van der Waals surface area (Å²) in [6.45, 7) is 1.03. The monoisotopic (exact) mass is 468 g/mol. The third kappa shape index (κ3) is 7.81. The van der Waals surface area contributed by atoms with Crippen molar-refractivity contribution in [1.29, 1.82) is 0 Å². The Hall–Kier alpha value is -1.49. The molecule has 0 bridgehead atoms. The van der Waals surface area contributed by atoms with Crippen molar-refractivity contribution in [2.24, 2.45) is 0 Å². The minimum absolute atomic E-state index is 0. The van der Waals surface area contributed by atoms with Gasteiger partial charge in [-0.3, -0.25) is 4.79 Å². The van der Waals surface area contributed by atoms with E-state index in [9.17, 15) is 13.2 Å². The minimum Gasteiger partial charge on any atom is -0.344 e. The van der Waals surface area contributed by atoms with Crippen molar-refractivity contribution in [2.75, 3.05) is 14.1 Å². The summed E-state index contributed by atoms with van der Waals surface area (Å²) in [5, 5.41) is 0. The van der Waals surface area contributed by atoms with Crippen LogP contribution < -0.4 is 17.0 Å². The zero-order chi connectivity index (χ0) is 16.2. The number of amides is 1. The Bertz CT molecular complexity index is 774. The lowest BCUT2D eigenvalue weighted by molar-refractivity contribution is 0.0985. The Morgan fingerprint density at radius 1 is 0.923 bits per heavy atom. The van der Waals surface area contributed by atoms with Gasteiger partial charge < -0.3 is 17.2 Å². The fourth-order valence-corrected chi connectivity index (χ4v) is 3.24. The molecular weight excluding hydrogens is 444 g/mol. The van der Waals surface area contributed by atoms with E-state index < -0.39 is 15.9 Å². The number of hydrogen-bond acceptors (Lipinski definition) is 6. The second-order valence-corrected chi connectivity index (χ2v) is 6.80. The Labute approximate surface area is 171 Å². The number of rotatable bonds is 2. The SMILES string of the molecule is Br.CN(C)Cc1ccccc1.Cl.N.N.O=C1NS(=O)(=O)c2ccccc21. The van der Waals surface area contributed by atoms with Crippen molar-refractivity contribution in [1.82, 2.24) is 21.9 Å². The normalized spacial score (nSPS) is 12.5. The molecule has 1 heterocycles. The number of sulfonamides is 1. The Kier molecular flexibility index (Phi) is 14.4. The van der Waals surface area contributed by atoms with Gasteiger partial charge in [0.15, 0.2) is 0 Å². The van der Waals surface area contributed by atoms with Gasteiger partial charge in [-0.25, -0.2) is 13.1 Å². The van der Waals surface area contributed by atoms with Crippen molar-refractivity contribution in [3.63, 3.8) is 0 Å². The van der Waals surface area contributed by atoms with E-state index in [1.165, 1.54) is 17.7 Å². The van der Waals surface area contributed by atoms with E-state index in [4.69, 9.17) is 0 Å². The van der Waals surface area contributed by atoms with Crippen molar-refractivity contribution in [3.8, 4) is 0 Å². The van der Waals surface area contributed by atoms with Crippen LogP contribution in [0.1, 0.15) is 15.9 Å². The molecule has 1 amide bonds. The average Bonchev–Trinajstić information content (AvgIpc) is 2.71. The van der Waals surface area contributed by atoms with Crippen LogP contribution in [-0.2, 0) is 16.6 Å². The van der Waals surface area contributed by atoms with Crippen molar-refractivity contribution in [3.05, 3.63) is 65.7 Å². The van der Waals surface area contributed by atoms with Gasteiger partial charge in [0.05, 0.1) is 5.56 Å². The average molecular weight is 470 g/mol. The molecule has 0 fully saturated rings. The molecule has 0 saturated heterocycles. The molecule has 0 spiro atoms. The van der Waals surface area contributed by atoms with Crippen LogP contribution in [0.4, 0.5) is 0 Å². The highest BCUT2D eigenvalue weighted by atomic mass is 79.9. The molecule has 148 valence electrons. The number of nitrogens with one attached hydrogen (secondary N) is 1. The number of fused-ring (bicyclic) bond motifs is 1. The van der Waals surface area contributed by atoms with Gasteiger partial charge in [0.2, 0.25) is 0 Å². The third-order valence-electron chi connectivity index (χ3n) is 2.99. The fraction of sp³-hybridized carbons (Fsp3) is 0.188. The number of carbonyl (C=O) groups is 1. The Balaban J connectivity index is -0.000000357. The smallest absolute Gasteiger partial charge is 0.266 e. The molecule has 2 aromatic carbocycles. The van der Waals surface area contributed by atoms with Crippen LogP contribution in [0.3, 0.4) is 0 Å². The van der Waals surface area contributed by atoms with Gasteiger partial charge in [-0.05, 0) is 31.8 Å². The van der Waals surface area contributed by atoms with Crippen molar-refractivity contribution < 1.29 is 13.2 Å². The topological polar surface area (TPSA) is 136 Å². The standard InChI is InChI=1S/C9H13N.C7H5NO3S.BrH.ClH.2H3N/c1-10(2)8-9-6-4-3-5-7-9;9-7-5-3-1-2-4-6(5)12(10,11)8-7;;;;/h3-7H,8H2,1-2H3;1-4H,(H,8,9);2*1H;2*1H3. The summed E-state index contributed by atoms with van der Waals surface area (Å²) in [7, 11) is 0.598. The van der Waals surface area contributed by atoms with Gasteiger partial charge >= 0.3 is 0 Å². The van der Waals surface area contributed by atoms with E-state index >= 15 is 0 Å². The highest BCUT2D eigenvalue weighted by Crippen LogP contribution is 2.20. The first-order valence-electron chi connectivity index (χ1n) is 6.75. The summed E-state index contributed by atoms with van der Waals surface area (Å²) in [6, 6.07) is 16.5. The fourth-order valence-electron chi connectivity index (χ4n) is 2.07. The molecule has 1 aliphatic rings. The maximum absolute atomic E-state index is 11.1. The molecule has 7 N–H and O–H groups in total. The number of halogens is 2. The molecule has 7 nitrogen and oxygen atoms in total. The summed E-state index contributed by atoms with van der Waals surface area (Å²) in [5.41, 5.74) is 1.59. The van der Waals surface area contributed by atoms with Crippen LogP contribution >= 0.6 is 29.4 Å². The van der Waals surface area contributed by atoms with Crippen molar-refractivity contribution in [2.45, 2.75) is 11.4 Å². The predicted molar refractivity (Wildman–Crippen MR) is 113 cm³/mol. The molecule has 3 rings (SSSR count). The zero-order valence-corrected chi connectivity index (χ0v) is 18.1. The maximum Gasteiger partial charge on any atom is 0.266 e. The second-order valence-electron chi connectivity index (χ2n) is 5.15. The molecule has 0 radical (unpaired) electrons. The highest BCUT2D eigenvalue weighted by Gasteiger charge is 2.31. The van der Waals surface area contributed by atoms with Crippen LogP contribution in [0.25, 0.3) is 0 Å². The summed E-state index contributed by atoms with van der Waals surface area (Å²) < 4.78 is 24.2. The van der Waals surface area contributed by atoms with Gasteiger partial charge in [-0.1, -0.05) is 42.5 Å². The summed E-state index contributed by atoms with van der Waals surface area (Å²) in [4.78, 5) is 13.2. The molecule has 0 unspecified atom stereocenters. The van der Waals surface area contributed by atoms with E-state index in [-0.39, 0.29) is 52.1 Å². The van der Waals surface area contributed by atoms with Crippen LogP contribution in [0.15, 0.2) is 59.5 Å². The minimum atomic E-state index is -3.55. The first-order chi connectivity index (χ1) is 10.4. The molecule has 0 saturated carbocycles. The van der Waals surface area contributed by atoms with E-state index in [1.54, 1.807) is 12.1 Å². The van der Waals surface area contributed by atoms with Gasteiger partial charge in [0, 0.05) is 6.54 Å². The summed E-state index contributed by atoms with van der Waals surface area (Å²) >= 11 is 0. The summed E-state index contributed by atoms with van der Waals surface area (Å²) in [6.07, 6.45) is 0. The van der Waals surface area contributed by atoms with Crippen LogP contribution in [0.5, 0.6) is 0 Å². The van der Waals surface area contributed by atoms with Crippen LogP contribution in [-0.4, -0.2) is 33.3 Å². The lowest BCUT2D eigenvalue weighted by atomic mass is 10.2. The number of nitrogens with zero attached hydrogens (tertiary/aromatic N) is 1. The molecule has 0 aromatic heterocycles. The molecule has 2 aromatic rings. The van der Waals surface area contributed by atoms with Gasteiger partial charge in [0.1, 0.15) is 4.90 Å². The number of hydrogen-bond donors (Lipinski definition) is 3. The molecule has 26 heavy (non-hydrogen) atoms. The zero-order valence-electron chi connectivity index (χ0n) is 14.7. The van der Waals surface area contributed by atoms with E-state index in [0.717, 1.165) is 6.54 Å². The first-order valence-corrected chi connectivity index (χ1v) is 8.23. The first kappa shape index (κ1) is 29.3. The largest absolute Gasteiger partial charge is 0.344 e. The quantitative estimate of drug-likeness (QED) is 0.617. The van der Waals surface area contributed by atoms with Crippen LogP contribution in [0, 0.1) is 0 Å². The molecule has 0 aliphatic carbocycles. The summed E-state index contributed by atoms with van der Waals surface area (Å²) in [5.74, 6) is -0.550. The Morgan fingerprint density at radius 3 is 1.92 bits per heavy atom. The molecule has 1 aliphatic heterocycles. The second kappa shape index (κ2) is 12.8. The lowest BCUT2D eigenvalue weighted by Gasteiger charge is -2.08. The lowest BCUT2D eigenvalue weighted by Crippen LogP contribution is -2.20. The maximum atomic E-state index is 11.1. The van der Waals surface area contributed by atoms with E-state index in [1.807, 2.05) is 10.8 Å². The number of carbonyl (C=O) groups excluding carboxylic acids is 1. The van der Waals surface area contributed by atoms with Gasteiger partial charge in [-0.2, -0.15) is 0 Å².